The third kappa shape index (κ3) is 9.79. The number of rotatable bonds is 14. The second-order valence-corrected chi connectivity index (χ2v) is 17.1. The molecule has 4 heterocycles. The summed E-state index contributed by atoms with van der Waals surface area (Å²) in [4.78, 5) is 82.7. The molecule has 4 aromatic carbocycles. The molecule has 1 unspecified atom stereocenters. The van der Waals surface area contributed by atoms with E-state index in [1.54, 1.807) is 24.3 Å². The van der Waals surface area contributed by atoms with Crippen LogP contribution in [-0.4, -0.2) is 126 Å². The Balaban J connectivity index is 0.777. The molecule has 5 N–H and O–H groups in total. The van der Waals surface area contributed by atoms with E-state index in [0.29, 0.717) is 91.7 Å². The first-order chi connectivity index (χ1) is 31.9. The van der Waals surface area contributed by atoms with Gasteiger partial charge in [0, 0.05) is 93.5 Å². The number of amides is 4. The lowest BCUT2D eigenvalue weighted by Gasteiger charge is -2.36. The summed E-state index contributed by atoms with van der Waals surface area (Å²) in [5, 5.41) is 20.7. The van der Waals surface area contributed by atoms with Crippen molar-refractivity contribution < 1.29 is 42.3 Å². The van der Waals surface area contributed by atoms with Crippen LogP contribution in [0.25, 0.3) is 10.9 Å². The number of ether oxygens (including phenoxy) is 1. The van der Waals surface area contributed by atoms with Crippen molar-refractivity contribution in [1.82, 2.24) is 25.3 Å². The number of hydrogen-bond acceptors (Lipinski definition) is 12. The van der Waals surface area contributed by atoms with Gasteiger partial charge in [0.2, 0.25) is 5.91 Å². The van der Waals surface area contributed by atoms with Gasteiger partial charge in [0.25, 0.3) is 17.7 Å². The van der Waals surface area contributed by atoms with E-state index in [1.807, 2.05) is 30.3 Å². The molecule has 0 radical (unpaired) electrons. The fraction of sp³-hybridized carbons (Fsp3) is 0.354. The molecule has 66 heavy (non-hydrogen) atoms. The van der Waals surface area contributed by atoms with Crippen molar-refractivity contribution in [2.75, 3.05) is 79.9 Å². The Morgan fingerprint density at radius 2 is 1.58 bits per heavy atom. The molecule has 18 heteroatoms. The number of carbonyl (C=O) groups excluding carboxylic acids is 6. The smallest absolute Gasteiger partial charge is 0.262 e. The minimum absolute atomic E-state index is 0.107. The van der Waals surface area contributed by atoms with Crippen molar-refractivity contribution in [2.24, 2.45) is 0 Å². The Morgan fingerprint density at radius 3 is 2.35 bits per heavy atom. The number of ketones is 2. The van der Waals surface area contributed by atoms with Gasteiger partial charge in [0.05, 0.1) is 41.2 Å². The maximum absolute atomic E-state index is 14.0. The number of benzene rings is 4. The highest BCUT2D eigenvalue weighted by atomic mass is 19.1. The van der Waals surface area contributed by atoms with E-state index in [2.05, 4.69) is 41.3 Å². The lowest BCUT2D eigenvalue weighted by atomic mass is 9.92. The average molecular weight is 902 g/mol. The second kappa shape index (κ2) is 19.2. The number of nitrogens with one attached hydrogen (secondary N) is 5. The van der Waals surface area contributed by atoms with E-state index in [9.17, 15) is 37.5 Å². The molecular weight excluding hydrogens is 853 g/mol. The number of piperazine rings is 1. The third-order valence-corrected chi connectivity index (χ3v) is 12.6. The predicted octanol–water partition coefficient (Wildman–Crippen LogP) is 4.91. The second-order valence-electron chi connectivity index (χ2n) is 17.1. The number of halogens is 2. The number of imide groups is 1. The molecule has 1 aromatic heterocycles. The molecule has 5 aromatic rings. The van der Waals surface area contributed by atoms with Gasteiger partial charge < -0.3 is 30.9 Å². The highest BCUT2D eigenvalue weighted by Gasteiger charge is 2.44. The minimum Gasteiger partial charge on any atom is -0.383 e. The number of carbonyl (C=O) groups is 6. The number of aromatic amines is 1. The zero-order valence-corrected chi connectivity index (χ0v) is 36.1. The van der Waals surface area contributed by atoms with E-state index in [-0.39, 0.29) is 67.0 Å². The van der Waals surface area contributed by atoms with E-state index < -0.39 is 35.3 Å². The van der Waals surface area contributed by atoms with Crippen molar-refractivity contribution in [2.45, 2.75) is 50.6 Å². The molecule has 342 valence electrons. The van der Waals surface area contributed by atoms with Crippen molar-refractivity contribution in [3.05, 3.63) is 112 Å². The van der Waals surface area contributed by atoms with Crippen LogP contribution in [0.3, 0.4) is 0 Å². The van der Waals surface area contributed by atoms with Crippen LogP contribution in [0.1, 0.15) is 74.3 Å². The zero-order valence-electron chi connectivity index (χ0n) is 36.1. The van der Waals surface area contributed by atoms with Crippen molar-refractivity contribution in [3.63, 3.8) is 0 Å². The van der Waals surface area contributed by atoms with E-state index in [0.717, 1.165) is 35.1 Å². The van der Waals surface area contributed by atoms with Crippen molar-refractivity contribution in [3.8, 4) is 0 Å². The maximum Gasteiger partial charge on any atom is 0.262 e. The Labute approximate surface area is 378 Å². The van der Waals surface area contributed by atoms with Crippen LogP contribution in [0, 0.1) is 11.6 Å². The first kappa shape index (κ1) is 44.2. The summed E-state index contributed by atoms with van der Waals surface area (Å²) in [6, 6.07) is 18.6. The van der Waals surface area contributed by atoms with Crippen LogP contribution in [0.2, 0.25) is 0 Å². The van der Waals surface area contributed by atoms with Gasteiger partial charge in [-0.15, -0.1) is 0 Å². The van der Waals surface area contributed by atoms with E-state index in [1.165, 1.54) is 12.1 Å². The molecule has 16 nitrogen and oxygen atoms in total. The topological polar surface area (TPSA) is 198 Å². The maximum atomic E-state index is 14.0. The number of hydrogen-bond donors (Lipinski definition) is 5. The largest absolute Gasteiger partial charge is 0.383 e. The van der Waals surface area contributed by atoms with Gasteiger partial charge in [-0.2, -0.15) is 5.10 Å². The number of anilines is 4. The summed E-state index contributed by atoms with van der Waals surface area (Å²) in [5.41, 5.74) is 5.03. The molecule has 9 rings (SSSR count). The molecule has 1 atom stereocenters. The Hall–Kier alpha value is -7.05. The third-order valence-electron chi connectivity index (χ3n) is 12.6. The monoisotopic (exact) mass is 901 g/mol. The predicted molar refractivity (Wildman–Crippen MR) is 242 cm³/mol. The number of Topliss-reactive ketones (excluding diaryl/α,β-unsaturated/α-hetero) is 2. The molecule has 0 spiro atoms. The highest BCUT2D eigenvalue weighted by molar-refractivity contribution is 6.24. The normalized spacial score (nSPS) is 18.2. The molecule has 3 aliphatic heterocycles. The van der Waals surface area contributed by atoms with Crippen molar-refractivity contribution >= 4 is 69.0 Å². The Kier molecular flexibility index (Phi) is 12.8. The highest BCUT2D eigenvalue weighted by Crippen LogP contribution is 2.32. The summed E-state index contributed by atoms with van der Waals surface area (Å²) >= 11 is 0. The molecule has 0 bridgehead atoms. The first-order valence-corrected chi connectivity index (χ1v) is 22.2. The summed E-state index contributed by atoms with van der Waals surface area (Å²) in [5.74, 6) is -3.14. The summed E-state index contributed by atoms with van der Waals surface area (Å²) < 4.78 is 33.3. The van der Waals surface area contributed by atoms with E-state index in [4.69, 9.17) is 4.74 Å². The van der Waals surface area contributed by atoms with Gasteiger partial charge in [0.1, 0.15) is 17.4 Å². The average Bonchev–Trinajstić information content (AvgIpc) is 3.80. The standard InChI is InChI=1S/C48H49F2N9O7/c49-30-20-29(21-31(50)23-30)19-28-1-7-40-39(22-28)45(56-55-40)54-46(63)37-6-3-34(25-41(37)53-32-9-17-66-18-10-32)58-15-13-57(14-16-58)27-44(62)52-12-11-51-33-2-5-36-38(24-33)48(65)59(47(36)64)42-8-4-35(60)26-43(42)61/h1-3,5-7,20-25,32,42,51,53H,4,8-19,26-27H2,(H,52,62)(H2,54,55,56,63). The van der Waals surface area contributed by atoms with Gasteiger partial charge in [0.15, 0.2) is 11.6 Å². The van der Waals surface area contributed by atoms with Crippen LogP contribution in [0.5, 0.6) is 0 Å². The SMILES string of the molecule is O=C1CCC(N2C(=O)c3ccc(NCCNC(=O)CN4CCN(c5ccc(C(=O)Nc6n[nH]c7ccc(Cc8cc(F)cc(F)c8)cc67)c(NC6CCOCC6)c5)CC4)cc3C2=O)C(=O)C1. The molecule has 2 saturated heterocycles. The van der Waals surface area contributed by atoms with Gasteiger partial charge in [-0.25, -0.2) is 8.78 Å². The van der Waals surface area contributed by atoms with Crippen LogP contribution in [-0.2, 0) is 25.5 Å². The number of aromatic nitrogens is 2. The minimum atomic E-state index is -0.930. The van der Waals surface area contributed by atoms with E-state index >= 15 is 0 Å². The number of H-pyrrole nitrogens is 1. The summed E-state index contributed by atoms with van der Waals surface area (Å²) in [6.07, 6.45) is 1.88. The molecule has 4 amide bonds. The van der Waals surface area contributed by atoms with Gasteiger partial charge in [-0.1, -0.05) is 6.07 Å². The number of fused-ring (bicyclic) bond motifs is 2. The van der Waals surface area contributed by atoms with Gasteiger partial charge >= 0.3 is 0 Å². The molecular formula is C48H49F2N9O7. The molecule has 4 aliphatic rings. The zero-order chi connectivity index (χ0) is 45.9. The van der Waals surface area contributed by atoms with Crippen LogP contribution in [0.4, 0.5) is 31.7 Å². The Morgan fingerprint density at radius 1 is 0.803 bits per heavy atom. The lowest BCUT2D eigenvalue weighted by molar-refractivity contribution is -0.132. The van der Waals surface area contributed by atoms with Crippen LogP contribution in [0.15, 0.2) is 72.8 Å². The molecule has 1 saturated carbocycles. The molecule has 3 fully saturated rings. The summed E-state index contributed by atoms with van der Waals surface area (Å²) in [6.45, 7) is 4.73. The first-order valence-electron chi connectivity index (χ1n) is 22.2. The fourth-order valence-corrected chi connectivity index (χ4v) is 9.11. The molecule has 1 aliphatic carbocycles. The summed E-state index contributed by atoms with van der Waals surface area (Å²) in [7, 11) is 0. The van der Waals surface area contributed by atoms with Gasteiger partial charge in [-0.3, -0.25) is 43.7 Å². The lowest BCUT2D eigenvalue weighted by Crippen LogP contribution is -2.49. The fourth-order valence-electron chi connectivity index (χ4n) is 9.11. The Bertz CT molecular complexity index is 2710. The quantitative estimate of drug-likeness (QED) is 0.0575. The van der Waals surface area contributed by atoms with Crippen LogP contribution >= 0.6 is 0 Å². The van der Waals surface area contributed by atoms with Gasteiger partial charge in [-0.05, 0) is 97.5 Å². The van der Waals surface area contributed by atoms with Crippen LogP contribution < -0.4 is 26.2 Å². The van der Waals surface area contributed by atoms with Crippen molar-refractivity contribution in [1.29, 1.82) is 0 Å². The number of nitrogens with zero attached hydrogens (tertiary/aromatic N) is 4.